The highest BCUT2D eigenvalue weighted by Crippen LogP contribution is 2.11. The van der Waals surface area contributed by atoms with Crippen LogP contribution in [0.15, 0.2) is 24.3 Å². The second-order valence-electron chi connectivity index (χ2n) is 4.86. The lowest BCUT2D eigenvalue weighted by Gasteiger charge is -2.17. The van der Waals surface area contributed by atoms with Crippen LogP contribution in [-0.4, -0.2) is 13.1 Å². The predicted molar refractivity (Wildman–Crippen MR) is 75.0 cm³/mol. The Labute approximate surface area is 106 Å². The molecule has 1 unspecified atom stereocenters. The van der Waals surface area contributed by atoms with Crippen molar-refractivity contribution < 1.29 is 0 Å². The number of nitrogens with one attached hydrogen (secondary N) is 1. The molecule has 0 saturated heterocycles. The lowest BCUT2D eigenvalue weighted by Crippen LogP contribution is -2.30. The first-order valence-corrected chi connectivity index (χ1v) is 6.70. The Kier molecular flexibility index (Phi) is 6.23. The van der Waals surface area contributed by atoms with Gasteiger partial charge in [0.1, 0.15) is 0 Å². The zero-order chi connectivity index (χ0) is 12.7. The average molecular weight is 234 g/mol. The molecule has 0 aliphatic carbocycles. The van der Waals surface area contributed by atoms with E-state index >= 15 is 0 Å². The summed E-state index contributed by atoms with van der Waals surface area (Å²) >= 11 is 0. The molecular formula is C15H26N2. The van der Waals surface area contributed by atoms with Gasteiger partial charge in [-0.2, -0.15) is 0 Å². The summed E-state index contributed by atoms with van der Waals surface area (Å²) in [5, 5.41) is 3.48. The van der Waals surface area contributed by atoms with Gasteiger partial charge in [-0.15, -0.1) is 0 Å². The van der Waals surface area contributed by atoms with Gasteiger partial charge >= 0.3 is 0 Å². The van der Waals surface area contributed by atoms with E-state index in [0.717, 1.165) is 19.0 Å². The van der Waals surface area contributed by atoms with E-state index in [4.69, 9.17) is 5.73 Å². The SMILES string of the molecule is CCC(CC)CNCC(N)c1ccc(C)cc1. The molecule has 0 saturated carbocycles. The van der Waals surface area contributed by atoms with Gasteiger partial charge in [0.15, 0.2) is 0 Å². The monoisotopic (exact) mass is 234 g/mol. The molecule has 1 aromatic rings. The third-order valence-corrected chi connectivity index (χ3v) is 3.46. The molecule has 1 atom stereocenters. The van der Waals surface area contributed by atoms with Gasteiger partial charge in [0.25, 0.3) is 0 Å². The van der Waals surface area contributed by atoms with E-state index in [9.17, 15) is 0 Å². The van der Waals surface area contributed by atoms with Crippen LogP contribution in [0.1, 0.15) is 43.9 Å². The number of aryl methyl sites for hydroxylation is 1. The molecule has 0 radical (unpaired) electrons. The molecule has 1 aromatic carbocycles. The topological polar surface area (TPSA) is 38.0 Å². The Morgan fingerprint density at radius 3 is 2.18 bits per heavy atom. The number of benzene rings is 1. The maximum Gasteiger partial charge on any atom is 0.0421 e. The van der Waals surface area contributed by atoms with Gasteiger partial charge in [-0.3, -0.25) is 0 Å². The van der Waals surface area contributed by atoms with Crippen LogP contribution in [0.4, 0.5) is 0 Å². The van der Waals surface area contributed by atoms with E-state index in [1.807, 2.05) is 0 Å². The fraction of sp³-hybridized carbons (Fsp3) is 0.600. The van der Waals surface area contributed by atoms with Crippen molar-refractivity contribution in [2.24, 2.45) is 11.7 Å². The molecule has 1 rings (SSSR count). The molecular weight excluding hydrogens is 208 g/mol. The van der Waals surface area contributed by atoms with Gasteiger partial charge in [0.2, 0.25) is 0 Å². The summed E-state index contributed by atoms with van der Waals surface area (Å²) in [4.78, 5) is 0. The molecule has 0 aliphatic heterocycles. The Hall–Kier alpha value is -0.860. The van der Waals surface area contributed by atoms with Crippen molar-refractivity contribution in [1.29, 1.82) is 0 Å². The molecule has 3 N–H and O–H groups in total. The van der Waals surface area contributed by atoms with Crippen LogP contribution in [0.3, 0.4) is 0 Å². The smallest absolute Gasteiger partial charge is 0.0421 e. The molecule has 0 aliphatic rings. The summed E-state index contributed by atoms with van der Waals surface area (Å²) < 4.78 is 0. The minimum absolute atomic E-state index is 0.102. The van der Waals surface area contributed by atoms with Crippen molar-refractivity contribution in [3.8, 4) is 0 Å². The van der Waals surface area contributed by atoms with Crippen molar-refractivity contribution in [2.45, 2.75) is 39.7 Å². The average Bonchev–Trinajstić information content (AvgIpc) is 2.35. The zero-order valence-corrected chi connectivity index (χ0v) is 11.4. The first-order chi connectivity index (χ1) is 8.17. The highest BCUT2D eigenvalue weighted by atomic mass is 14.9. The maximum absolute atomic E-state index is 6.15. The molecule has 0 heterocycles. The number of hydrogen-bond acceptors (Lipinski definition) is 2. The van der Waals surface area contributed by atoms with Crippen LogP contribution in [0, 0.1) is 12.8 Å². The second kappa shape index (κ2) is 7.46. The summed E-state index contributed by atoms with van der Waals surface area (Å²) in [5.74, 6) is 0.778. The van der Waals surface area contributed by atoms with Gasteiger partial charge < -0.3 is 11.1 Å². The standard InChI is InChI=1S/C15H26N2/c1-4-13(5-2)10-17-11-15(16)14-8-6-12(3)7-9-14/h6-9,13,15,17H,4-5,10-11,16H2,1-3H3. The number of nitrogens with two attached hydrogens (primary N) is 1. The fourth-order valence-corrected chi connectivity index (χ4v) is 1.95. The van der Waals surface area contributed by atoms with Crippen LogP contribution in [0.2, 0.25) is 0 Å². The normalized spacial score (nSPS) is 13.0. The first-order valence-electron chi connectivity index (χ1n) is 6.70. The zero-order valence-electron chi connectivity index (χ0n) is 11.4. The third-order valence-electron chi connectivity index (χ3n) is 3.46. The van der Waals surface area contributed by atoms with Crippen LogP contribution in [0.25, 0.3) is 0 Å². The van der Waals surface area contributed by atoms with Crippen molar-refractivity contribution in [1.82, 2.24) is 5.32 Å². The Bertz CT molecular complexity index is 301. The maximum atomic E-state index is 6.15. The predicted octanol–water partition coefficient (Wildman–Crippen LogP) is 3.02. The molecule has 0 bridgehead atoms. The Balaban J connectivity index is 2.34. The lowest BCUT2D eigenvalue weighted by atomic mass is 10.0. The minimum atomic E-state index is 0.102. The van der Waals surface area contributed by atoms with Crippen LogP contribution >= 0.6 is 0 Å². The molecule has 2 heteroatoms. The largest absolute Gasteiger partial charge is 0.323 e. The summed E-state index contributed by atoms with van der Waals surface area (Å²) in [6.45, 7) is 8.53. The quantitative estimate of drug-likeness (QED) is 0.761. The summed E-state index contributed by atoms with van der Waals surface area (Å²) in [5.41, 5.74) is 8.65. The van der Waals surface area contributed by atoms with Crippen LogP contribution < -0.4 is 11.1 Å². The molecule has 17 heavy (non-hydrogen) atoms. The van der Waals surface area contributed by atoms with Crippen molar-refractivity contribution in [3.05, 3.63) is 35.4 Å². The lowest BCUT2D eigenvalue weighted by molar-refractivity contribution is 0.440. The van der Waals surface area contributed by atoms with Crippen molar-refractivity contribution >= 4 is 0 Å². The van der Waals surface area contributed by atoms with E-state index < -0.39 is 0 Å². The first kappa shape index (κ1) is 14.2. The summed E-state index contributed by atoms with van der Waals surface area (Å²) in [6, 6.07) is 8.59. The van der Waals surface area contributed by atoms with E-state index in [2.05, 4.69) is 50.4 Å². The van der Waals surface area contributed by atoms with Gasteiger partial charge in [0, 0.05) is 12.6 Å². The summed E-state index contributed by atoms with van der Waals surface area (Å²) in [7, 11) is 0. The molecule has 0 spiro atoms. The second-order valence-corrected chi connectivity index (χ2v) is 4.86. The molecule has 96 valence electrons. The van der Waals surface area contributed by atoms with E-state index in [1.54, 1.807) is 0 Å². The van der Waals surface area contributed by atoms with Crippen molar-refractivity contribution in [3.63, 3.8) is 0 Å². The van der Waals surface area contributed by atoms with E-state index in [-0.39, 0.29) is 6.04 Å². The number of hydrogen-bond donors (Lipinski definition) is 2. The highest BCUT2D eigenvalue weighted by Gasteiger charge is 2.07. The van der Waals surface area contributed by atoms with Crippen molar-refractivity contribution in [2.75, 3.05) is 13.1 Å². The highest BCUT2D eigenvalue weighted by molar-refractivity contribution is 5.23. The van der Waals surface area contributed by atoms with Gasteiger partial charge in [-0.05, 0) is 24.9 Å². The third kappa shape index (κ3) is 4.88. The Morgan fingerprint density at radius 2 is 1.65 bits per heavy atom. The summed E-state index contributed by atoms with van der Waals surface area (Å²) in [6.07, 6.45) is 2.48. The van der Waals surface area contributed by atoms with Gasteiger partial charge in [-0.25, -0.2) is 0 Å². The molecule has 0 aromatic heterocycles. The van der Waals surface area contributed by atoms with Crippen LogP contribution in [0.5, 0.6) is 0 Å². The van der Waals surface area contributed by atoms with Crippen LogP contribution in [-0.2, 0) is 0 Å². The molecule has 0 amide bonds. The van der Waals surface area contributed by atoms with E-state index in [1.165, 1.54) is 24.0 Å². The van der Waals surface area contributed by atoms with Gasteiger partial charge in [0.05, 0.1) is 0 Å². The van der Waals surface area contributed by atoms with E-state index in [0.29, 0.717) is 0 Å². The minimum Gasteiger partial charge on any atom is -0.323 e. The molecule has 2 nitrogen and oxygen atoms in total. The number of rotatable bonds is 7. The molecule has 0 fully saturated rings. The Morgan fingerprint density at radius 1 is 1.06 bits per heavy atom. The fourth-order valence-electron chi connectivity index (χ4n) is 1.95. The van der Waals surface area contributed by atoms with Gasteiger partial charge in [-0.1, -0.05) is 56.5 Å².